The number of benzene rings is 2. The maximum absolute atomic E-state index is 13.7. The van der Waals surface area contributed by atoms with Gasteiger partial charge >= 0.3 is 0 Å². The van der Waals surface area contributed by atoms with E-state index in [1.165, 1.54) is 12.1 Å². The van der Waals surface area contributed by atoms with Crippen molar-refractivity contribution in [2.24, 2.45) is 5.92 Å². The molecule has 0 bridgehead atoms. The van der Waals surface area contributed by atoms with Crippen molar-refractivity contribution in [2.75, 3.05) is 13.1 Å². The Labute approximate surface area is 195 Å². The highest BCUT2D eigenvalue weighted by atomic mass is 19.1. The van der Waals surface area contributed by atoms with Gasteiger partial charge in [0.25, 0.3) is 5.91 Å². The molecule has 2 aromatic rings. The third kappa shape index (κ3) is 5.21. The number of hydrogen-bond acceptors (Lipinski definition) is 3. The van der Waals surface area contributed by atoms with Gasteiger partial charge in [-0.2, -0.15) is 0 Å². The number of carbonyl (C=O) groups excluding carboxylic acids is 2. The molecule has 1 fully saturated rings. The molecule has 2 unspecified atom stereocenters. The summed E-state index contributed by atoms with van der Waals surface area (Å²) in [5.41, 5.74) is 3.02. The van der Waals surface area contributed by atoms with Gasteiger partial charge in [-0.25, -0.2) is 4.39 Å². The Balaban J connectivity index is 1.65. The molecule has 176 valence electrons. The van der Waals surface area contributed by atoms with Crippen molar-refractivity contribution in [3.8, 4) is 5.75 Å². The van der Waals surface area contributed by atoms with Crippen LogP contribution >= 0.6 is 0 Å². The van der Waals surface area contributed by atoms with Crippen LogP contribution < -0.4 is 10.1 Å². The summed E-state index contributed by atoms with van der Waals surface area (Å²) in [6.07, 6.45) is 5.06. The van der Waals surface area contributed by atoms with Gasteiger partial charge in [-0.3, -0.25) is 9.59 Å². The maximum atomic E-state index is 13.7. The second kappa shape index (κ2) is 10.4. The molecule has 1 aliphatic heterocycles. The fraction of sp³-hybridized carbons (Fsp3) is 0.481. The van der Waals surface area contributed by atoms with Gasteiger partial charge in [-0.1, -0.05) is 38.0 Å². The molecule has 2 aromatic carbocycles. The molecule has 0 saturated heterocycles. The molecule has 1 heterocycles. The van der Waals surface area contributed by atoms with Crippen molar-refractivity contribution in [3.63, 3.8) is 0 Å². The highest BCUT2D eigenvalue weighted by molar-refractivity contribution is 5.81. The molecule has 0 aromatic heterocycles. The van der Waals surface area contributed by atoms with Crippen LogP contribution in [0, 0.1) is 11.7 Å². The van der Waals surface area contributed by atoms with Gasteiger partial charge in [0.1, 0.15) is 11.6 Å². The van der Waals surface area contributed by atoms with Crippen LogP contribution in [0.1, 0.15) is 68.7 Å². The second-order valence-electron chi connectivity index (χ2n) is 9.13. The fourth-order valence-electron chi connectivity index (χ4n) is 4.97. The smallest absolute Gasteiger partial charge is 0.260 e. The van der Waals surface area contributed by atoms with Crippen LogP contribution in [0.2, 0.25) is 0 Å². The fourth-order valence-corrected chi connectivity index (χ4v) is 4.97. The molecule has 0 spiro atoms. The average molecular weight is 453 g/mol. The first-order valence-corrected chi connectivity index (χ1v) is 12.1. The van der Waals surface area contributed by atoms with E-state index in [1.807, 2.05) is 30.0 Å². The van der Waals surface area contributed by atoms with Gasteiger partial charge < -0.3 is 15.0 Å². The van der Waals surface area contributed by atoms with E-state index < -0.39 is 6.10 Å². The van der Waals surface area contributed by atoms with E-state index >= 15 is 0 Å². The standard InChI is InChI=1S/C27H33FN2O3/c1-3-15-29-26(31)18(2)33-23-13-10-19-14-16-30(27(32)21-6-4-5-7-21)25(24(19)17-23)20-8-11-22(28)12-9-20/h8-13,17-18,21,25H,3-7,14-16H2,1-2H3,(H,29,31). The van der Waals surface area contributed by atoms with Crippen molar-refractivity contribution >= 4 is 11.8 Å². The van der Waals surface area contributed by atoms with Gasteiger partial charge in [-0.05, 0) is 73.6 Å². The maximum Gasteiger partial charge on any atom is 0.260 e. The van der Waals surface area contributed by atoms with E-state index in [1.54, 1.807) is 19.1 Å². The van der Waals surface area contributed by atoms with Gasteiger partial charge in [-0.15, -0.1) is 0 Å². The predicted molar refractivity (Wildman–Crippen MR) is 125 cm³/mol. The van der Waals surface area contributed by atoms with E-state index in [-0.39, 0.29) is 29.6 Å². The third-order valence-electron chi connectivity index (χ3n) is 6.75. The molecule has 5 nitrogen and oxygen atoms in total. The number of amides is 2. The molecule has 6 heteroatoms. The topological polar surface area (TPSA) is 58.6 Å². The Hall–Kier alpha value is -2.89. The number of hydrogen-bond donors (Lipinski definition) is 1. The zero-order chi connectivity index (χ0) is 23.4. The van der Waals surface area contributed by atoms with E-state index in [2.05, 4.69) is 5.32 Å². The van der Waals surface area contributed by atoms with Crippen LogP contribution in [0.25, 0.3) is 0 Å². The van der Waals surface area contributed by atoms with Gasteiger partial charge in [0, 0.05) is 19.0 Å². The molecule has 33 heavy (non-hydrogen) atoms. The quantitative estimate of drug-likeness (QED) is 0.658. The monoisotopic (exact) mass is 452 g/mol. The highest BCUT2D eigenvalue weighted by Crippen LogP contribution is 2.39. The number of nitrogens with one attached hydrogen (secondary N) is 1. The molecular formula is C27H33FN2O3. The molecular weight excluding hydrogens is 419 g/mol. The van der Waals surface area contributed by atoms with Crippen molar-refractivity contribution in [1.82, 2.24) is 10.2 Å². The highest BCUT2D eigenvalue weighted by Gasteiger charge is 2.36. The summed E-state index contributed by atoms with van der Waals surface area (Å²) in [7, 11) is 0. The molecule has 1 N–H and O–H groups in total. The lowest BCUT2D eigenvalue weighted by molar-refractivity contribution is -0.137. The first-order chi connectivity index (χ1) is 16.0. The summed E-state index contributed by atoms with van der Waals surface area (Å²) in [5, 5.41) is 2.86. The summed E-state index contributed by atoms with van der Waals surface area (Å²) in [4.78, 5) is 27.7. The van der Waals surface area contributed by atoms with Crippen LogP contribution in [0.5, 0.6) is 5.75 Å². The Bertz CT molecular complexity index is 985. The van der Waals surface area contributed by atoms with Crippen molar-refractivity contribution in [3.05, 3.63) is 65.0 Å². The number of fused-ring (bicyclic) bond motifs is 1. The van der Waals surface area contributed by atoms with Crippen LogP contribution in [0.15, 0.2) is 42.5 Å². The SMILES string of the molecule is CCCNC(=O)C(C)Oc1ccc2c(c1)C(c1ccc(F)cc1)N(C(=O)C1CCCC1)CC2. The summed E-state index contributed by atoms with van der Waals surface area (Å²) in [6.45, 7) is 4.99. The molecule has 0 radical (unpaired) electrons. The van der Waals surface area contributed by atoms with Gasteiger partial charge in [0.05, 0.1) is 6.04 Å². The number of nitrogens with zero attached hydrogens (tertiary/aromatic N) is 1. The number of halogens is 1. The lowest BCUT2D eigenvalue weighted by atomic mass is 9.87. The number of ether oxygens (including phenoxy) is 1. The minimum atomic E-state index is -0.626. The first kappa shape index (κ1) is 23.3. The third-order valence-corrected chi connectivity index (χ3v) is 6.75. The first-order valence-electron chi connectivity index (χ1n) is 12.1. The minimum absolute atomic E-state index is 0.0659. The van der Waals surface area contributed by atoms with Crippen LogP contribution in [0.3, 0.4) is 0 Å². The van der Waals surface area contributed by atoms with Crippen molar-refractivity contribution < 1.29 is 18.7 Å². The Morgan fingerprint density at radius 2 is 1.88 bits per heavy atom. The van der Waals surface area contributed by atoms with Gasteiger partial charge in [0.2, 0.25) is 5.91 Å². The number of carbonyl (C=O) groups is 2. The van der Waals surface area contributed by atoms with Crippen molar-refractivity contribution in [2.45, 2.75) is 64.5 Å². The molecule has 2 amide bonds. The lowest BCUT2D eigenvalue weighted by Crippen LogP contribution is -2.43. The molecule has 4 rings (SSSR count). The van der Waals surface area contributed by atoms with E-state index in [0.717, 1.165) is 55.2 Å². The Morgan fingerprint density at radius 3 is 2.58 bits per heavy atom. The van der Waals surface area contributed by atoms with Crippen LogP contribution in [-0.2, 0) is 16.0 Å². The minimum Gasteiger partial charge on any atom is -0.481 e. The van der Waals surface area contributed by atoms with E-state index in [0.29, 0.717) is 18.8 Å². The molecule has 1 saturated carbocycles. The van der Waals surface area contributed by atoms with Crippen molar-refractivity contribution in [1.29, 1.82) is 0 Å². The van der Waals surface area contributed by atoms with E-state index in [9.17, 15) is 14.0 Å². The summed E-state index contributed by atoms with van der Waals surface area (Å²) < 4.78 is 19.6. The average Bonchev–Trinajstić information content (AvgIpc) is 3.37. The number of rotatable bonds is 7. The molecule has 2 aliphatic rings. The Morgan fingerprint density at radius 1 is 1.15 bits per heavy atom. The summed E-state index contributed by atoms with van der Waals surface area (Å²) in [5.74, 6) is 0.396. The predicted octanol–water partition coefficient (Wildman–Crippen LogP) is 4.78. The summed E-state index contributed by atoms with van der Waals surface area (Å²) in [6, 6.07) is 12.0. The van der Waals surface area contributed by atoms with Crippen LogP contribution in [-0.4, -0.2) is 35.9 Å². The normalized spacial score (nSPS) is 19.1. The summed E-state index contributed by atoms with van der Waals surface area (Å²) >= 11 is 0. The van der Waals surface area contributed by atoms with Crippen LogP contribution in [0.4, 0.5) is 4.39 Å². The largest absolute Gasteiger partial charge is 0.481 e. The second-order valence-corrected chi connectivity index (χ2v) is 9.13. The van der Waals surface area contributed by atoms with E-state index in [4.69, 9.17) is 4.74 Å². The molecule has 2 atom stereocenters. The Kier molecular flexibility index (Phi) is 7.31. The van der Waals surface area contributed by atoms with Gasteiger partial charge in [0.15, 0.2) is 6.10 Å². The molecule has 1 aliphatic carbocycles. The zero-order valence-corrected chi connectivity index (χ0v) is 19.5. The lowest BCUT2D eigenvalue weighted by Gasteiger charge is -2.39. The zero-order valence-electron chi connectivity index (χ0n) is 19.5.